The zero-order chi connectivity index (χ0) is 28.1. The Balaban J connectivity index is 1.37. The topological polar surface area (TPSA) is 114 Å². The number of carbonyl (C=O) groups is 3. The van der Waals surface area contributed by atoms with Crippen molar-refractivity contribution in [3.05, 3.63) is 47.3 Å². The van der Waals surface area contributed by atoms with Crippen molar-refractivity contribution in [3.63, 3.8) is 0 Å². The highest BCUT2D eigenvalue weighted by Gasteiger charge is 2.43. The molecule has 2 saturated heterocycles. The number of nitrogens with one attached hydrogen (secondary N) is 1. The summed E-state index contributed by atoms with van der Waals surface area (Å²) >= 11 is 0. The first-order valence-corrected chi connectivity index (χ1v) is 14.3. The minimum Gasteiger partial charge on any atom is -0.493 e. The number of hydrogen-bond donors (Lipinski definition) is 1. The largest absolute Gasteiger partial charge is 0.493 e. The number of fused-ring (bicyclic) bond motifs is 6. The van der Waals surface area contributed by atoms with Crippen LogP contribution in [0.2, 0.25) is 0 Å². The summed E-state index contributed by atoms with van der Waals surface area (Å²) in [7, 11) is 3.26. The van der Waals surface area contributed by atoms with Crippen LogP contribution in [0.1, 0.15) is 60.0 Å². The van der Waals surface area contributed by atoms with Gasteiger partial charge in [0.25, 0.3) is 5.91 Å². The molecule has 0 spiro atoms. The summed E-state index contributed by atoms with van der Waals surface area (Å²) in [6, 6.07) is 5.75. The van der Waals surface area contributed by atoms with E-state index in [0.717, 1.165) is 36.8 Å². The number of likely N-dealkylation sites (tertiary alicyclic amines) is 1. The first-order valence-electron chi connectivity index (χ1n) is 14.3. The van der Waals surface area contributed by atoms with Gasteiger partial charge in [-0.1, -0.05) is 6.07 Å². The molecule has 0 unspecified atom stereocenters. The molecule has 1 aromatic carbocycles. The van der Waals surface area contributed by atoms with Gasteiger partial charge in [0.1, 0.15) is 0 Å². The van der Waals surface area contributed by atoms with Crippen LogP contribution in [0.3, 0.4) is 0 Å². The molecule has 3 aliphatic heterocycles. The number of carbonyl (C=O) groups excluding carboxylic acids is 3. The van der Waals surface area contributed by atoms with E-state index < -0.39 is 0 Å². The van der Waals surface area contributed by atoms with Crippen molar-refractivity contribution >= 4 is 17.7 Å². The fourth-order valence-electron chi connectivity index (χ4n) is 6.67. The lowest BCUT2D eigenvalue weighted by molar-refractivity contribution is -0.140. The smallest absolute Gasteiger partial charge is 0.255 e. The summed E-state index contributed by atoms with van der Waals surface area (Å²) in [6.45, 7) is 2.43. The Morgan fingerprint density at radius 2 is 1.88 bits per heavy atom. The van der Waals surface area contributed by atoms with Crippen LogP contribution in [0.5, 0.6) is 11.5 Å². The SMILES string of the molecule is COc1cc2cc(c1OC)CCCNC(=O)CCC[C@H]1[C@@H]3C[C@@H](CN(C(=O)c4ccnnc4)C3)CN1C(=O)CC2. The van der Waals surface area contributed by atoms with Gasteiger partial charge in [0.05, 0.1) is 32.2 Å². The van der Waals surface area contributed by atoms with E-state index in [2.05, 4.69) is 26.5 Å². The van der Waals surface area contributed by atoms with E-state index in [1.165, 1.54) is 12.4 Å². The average Bonchev–Trinajstić information content (AvgIpc) is 2.98. The third-order valence-corrected chi connectivity index (χ3v) is 8.50. The summed E-state index contributed by atoms with van der Waals surface area (Å²) < 4.78 is 11.3. The van der Waals surface area contributed by atoms with Gasteiger partial charge in [0.2, 0.25) is 11.8 Å². The highest BCUT2D eigenvalue weighted by Crippen LogP contribution is 2.37. The van der Waals surface area contributed by atoms with Crippen LogP contribution in [0.25, 0.3) is 0 Å². The molecule has 4 heterocycles. The molecule has 2 fully saturated rings. The molecule has 1 N–H and O–H groups in total. The lowest BCUT2D eigenvalue weighted by Gasteiger charge is -2.51. The average molecular weight is 550 g/mol. The van der Waals surface area contributed by atoms with Gasteiger partial charge in [-0.15, -0.1) is 0 Å². The van der Waals surface area contributed by atoms with E-state index in [0.29, 0.717) is 68.9 Å². The van der Waals surface area contributed by atoms with Crippen molar-refractivity contribution in [1.82, 2.24) is 25.3 Å². The van der Waals surface area contributed by atoms with Crippen molar-refractivity contribution in [2.75, 3.05) is 40.4 Å². The van der Waals surface area contributed by atoms with Crippen molar-refractivity contribution in [3.8, 4) is 11.5 Å². The monoisotopic (exact) mass is 549 g/mol. The second kappa shape index (κ2) is 12.7. The molecule has 214 valence electrons. The van der Waals surface area contributed by atoms with Gasteiger partial charge in [-0.2, -0.15) is 10.2 Å². The van der Waals surface area contributed by atoms with Crippen molar-refractivity contribution < 1.29 is 23.9 Å². The number of methoxy groups -OCH3 is 2. The lowest BCUT2D eigenvalue weighted by Crippen LogP contribution is -2.60. The summed E-state index contributed by atoms with van der Waals surface area (Å²) in [5.74, 6) is 1.88. The van der Waals surface area contributed by atoms with E-state index in [1.54, 1.807) is 20.3 Å². The van der Waals surface area contributed by atoms with Gasteiger partial charge in [-0.25, -0.2) is 0 Å². The highest BCUT2D eigenvalue weighted by molar-refractivity contribution is 5.94. The second-order valence-corrected chi connectivity index (χ2v) is 11.2. The van der Waals surface area contributed by atoms with Crippen LogP contribution < -0.4 is 14.8 Å². The standard InChI is InChI=1S/C30H39N5O5/c1-39-26-15-20-8-9-28(37)35-18-21-14-24(19-34(17-21)30(38)23-10-12-32-33-16-23)25(35)6-3-7-27(36)31-11-4-5-22(13-20)29(26)40-2/h10,12-13,15-16,21,24-25H,3-9,11,14,17-19H2,1-2H3,(H,31,36)/t21-,24+,25-/m0/s1. The van der Waals surface area contributed by atoms with Gasteiger partial charge in [-0.05, 0) is 73.6 Å². The summed E-state index contributed by atoms with van der Waals surface area (Å²) in [6.07, 6.45) is 8.43. The summed E-state index contributed by atoms with van der Waals surface area (Å²) in [4.78, 5) is 43.5. The molecule has 3 atom stereocenters. The van der Waals surface area contributed by atoms with Gasteiger partial charge in [0, 0.05) is 45.1 Å². The van der Waals surface area contributed by atoms with Crippen LogP contribution in [-0.4, -0.2) is 84.2 Å². The van der Waals surface area contributed by atoms with Crippen LogP contribution in [-0.2, 0) is 22.4 Å². The number of rotatable bonds is 3. The molecular weight excluding hydrogens is 510 g/mol. The molecular formula is C30H39N5O5. The van der Waals surface area contributed by atoms with Crippen molar-refractivity contribution in [2.45, 2.75) is 57.4 Å². The normalized spacial score (nSPS) is 24.1. The molecule has 40 heavy (non-hydrogen) atoms. The molecule has 10 heteroatoms. The van der Waals surface area contributed by atoms with E-state index in [4.69, 9.17) is 9.47 Å². The van der Waals surface area contributed by atoms with E-state index >= 15 is 0 Å². The molecule has 0 saturated carbocycles. The predicted molar refractivity (Wildman–Crippen MR) is 148 cm³/mol. The molecule has 1 aromatic heterocycles. The predicted octanol–water partition coefficient (Wildman–Crippen LogP) is 2.65. The Morgan fingerprint density at radius 1 is 1.00 bits per heavy atom. The minimum absolute atomic E-state index is 0.00316. The second-order valence-electron chi connectivity index (χ2n) is 11.2. The summed E-state index contributed by atoms with van der Waals surface area (Å²) in [5, 5.41) is 10.7. The van der Waals surface area contributed by atoms with Crippen LogP contribution in [0, 0.1) is 11.8 Å². The number of aromatic nitrogens is 2. The maximum absolute atomic E-state index is 13.7. The zero-order valence-corrected chi connectivity index (χ0v) is 23.4. The molecule has 3 amide bonds. The number of ether oxygens (including phenoxy) is 2. The fourth-order valence-corrected chi connectivity index (χ4v) is 6.67. The minimum atomic E-state index is -0.0405. The van der Waals surface area contributed by atoms with Crippen molar-refractivity contribution in [1.29, 1.82) is 0 Å². The van der Waals surface area contributed by atoms with Crippen LogP contribution >= 0.6 is 0 Å². The third kappa shape index (κ3) is 6.21. The quantitative estimate of drug-likeness (QED) is 0.626. The Hall–Kier alpha value is -3.69. The van der Waals surface area contributed by atoms with Crippen LogP contribution in [0.15, 0.2) is 30.6 Å². The van der Waals surface area contributed by atoms with Gasteiger partial charge in [-0.3, -0.25) is 14.4 Å². The Kier molecular flexibility index (Phi) is 8.81. The molecule has 2 aromatic rings. The maximum Gasteiger partial charge on any atom is 0.255 e. The first kappa shape index (κ1) is 27.9. The maximum atomic E-state index is 13.7. The number of aryl methyl sites for hydroxylation is 2. The van der Waals surface area contributed by atoms with Gasteiger partial charge >= 0.3 is 0 Å². The molecule has 5 rings (SSSR count). The Labute approximate surface area is 235 Å². The Bertz CT molecular complexity index is 1220. The zero-order valence-electron chi connectivity index (χ0n) is 23.4. The number of benzene rings is 1. The highest BCUT2D eigenvalue weighted by atomic mass is 16.5. The number of nitrogens with zero attached hydrogens (tertiary/aromatic N) is 4. The number of piperidine rings is 2. The van der Waals surface area contributed by atoms with E-state index in [1.807, 2.05) is 11.0 Å². The fraction of sp³-hybridized carbons (Fsp3) is 0.567. The van der Waals surface area contributed by atoms with Crippen LogP contribution in [0.4, 0.5) is 0 Å². The molecule has 4 bridgehead atoms. The van der Waals surface area contributed by atoms with Gasteiger partial charge < -0.3 is 24.6 Å². The summed E-state index contributed by atoms with van der Waals surface area (Å²) in [5.41, 5.74) is 2.59. The first-order chi connectivity index (χ1) is 19.5. The number of amides is 3. The van der Waals surface area contributed by atoms with E-state index in [-0.39, 0.29) is 35.6 Å². The molecule has 3 aliphatic rings. The lowest BCUT2D eigenvalue weighted by atomic mass is 9.77. The van der Waals surface area contributed by atoms with E-state index in [9.17, 15) is 14.4 Å². The van der Waals surface area contributed by atoms with Gasteiger partial charge in [0.15, 0.2) is 11.5 Å². The molecule has 0 radical (unpaired) electrons. The number of hydrogen-bond acceptors (Lipinski definition) is 7. The molecule has 0 aliphatic carbocycles. The Morgan fingerprint density at radius 3 is 2.65 bits per heavy atom. The van der Waals surface area contributed by atoms with Crippen molar-refractivity contribution in [2.24, 2.45) is 11.8 Å². The molecule has 10 nitrogen and oxygen atoms in total. The third-order valence-electron chi connectivity index (χ3n) is 8.50.